The number of hydrogen-bond acceptors (Lipinski definition) is 8. The van der Waals surface area contributed by atoms with E-state index in [0.29, 0.717) is 37.7 Å². The second-order valence-electron chi connectivity index (χ2n) is 8.55. The second kappa shape index (κ2) is 12.6. The maximum absolute atomic E-state index is 15.1. The van der Waals surface area contributed by atoms with Crippen LogP contribution in [-0.4, -0.2) is 56.6 Å². The van der Waals surface area contributed by atoms with Gasteiger partial charge >= 0.3 is 5.97 Å². The molecule has 0 spiro atoms. The van der Waals surface area contributed by atoms with E-state index < -0.39 is 17.6 Å². The number of aliphatic hydroxyl groups is 1. The van der Waals surface area contributed by atoms with Gasteiger partial charge in [0, 0.05) is 41.1 Å². The summed E-state index contributed by atoms with van der Waals surface area (Å²) >= 11 is 6.44. The number of hydrogen-bond donors (Lipinski definition) is 1. The number of benzene rings is 2. The Morgan fingerprint density at radius 1 is 1.18 bits per heavy atom. The van der Waals surface area contributed by atoms with Crippen molar-refractivity contribution >= 4 is 40.4 Å². The van der Waals surface area contributed by atoms with Crippen LogP contribution in [0, 0.1) is 0 Å². The summed E-state index contributed by atoms with van der Waals surface area (Å²) in [5.41, 5.74) is 0.895. The lowest BCUT2D eigenvalue weighted by atomic mass is 9.94. The highest BCUT2D eigenvalue weighted by atomic mass is 35.5. The van der Waals surface area contributed by atoms with Gasteiger partial charge in [-0.1, -0.05) is 30.3 Å². The fraction of sp³-hybridized carbons (Fsp3) is 0.241. The summed E-state index contributed by atoms with van der Waals surface area (Å²) in [7, 11) is 2.74. The SMILES string of the molecule is C=C(F)c1c(/C(C(=O)OC)=C(\O)c2ncccc2OCc2ccc(OC)cc2)cc(Cl)cc1N1CCOCC1. The topological polar surface area (TPSA) is 90.4 Å². The van der Waals surface area contributed by atoms with Gasteiger partial charge in [-0.3, -0.25) is 0 Å². The molecule has 0 aliphatic carbocycles. The molecular weight excluding hydrogens is 527 g/mol. The maximum Gasteiger partial charge on any atom is 0.342 e. The van der Waals surface area contributed by atoms with Crippen LogP contribution >= 0.6 is 11.6 Å². The third-order valence-electron chi connectivity index (χ3n) is 6.15. The third-order valence-corrected chi connectivity index (χ3v) is 6.37. The molecule has 1 aromatic heterocycles. The Morgan fingerprint density at radius 3 is 2.54 bits per heavy atom. The fourth-order valence-corrected chi connectivity index (χ4v) is 4.46. The number of carbonyl (C=O) groups excluding carboxylic acids is 1. The first kappa shape index (κ1) is 27.9. The molecule has 1 fully saturated rings. The zero-order chi connectivity index (χ0) is 27.9. The molecule has 4 rings (SSSR count). The van der Waals surface area contributed by atoms with Crippen molar-refractivity contribution in [1.29, 1.82) is 0 Å². The minimum absolute atomic E-state index is 0.00452. The Morgan fingerprint density at radius 2 is 1.90 bits per heavy atom. The first-order valence-corrected chi connectivity index (χ1v) is 12.5. The Balaban J connectivity index is 1.82. The predicted octanol–water partition coefficient (Wildman–Crippen LogP) is 5.70. The normalized spacial score (nSPS) is 13.9. The van der Waals surface area contributed by atoms with Gasteiger partial charge < -0.3 is 29.0 Å². The van der Waals surface area contributed by atoms with Crippen molar-refractivity contribution in [1.82, 2.24) is 4.98 Å². The van der Waals surface area contributed by atoms with E-state index in [1.165, 1.54) is 12.3 Å². The number of carbonyl (C=O) groups is 1. The van der Waals surface area contributed by atoms with Gasteiger partial charge in [0.1, 0.15) is 35.2 Å². The molecule has 1 N–H and O–H groups in total. The molecule has 3 aromatic rings. The van der Waals surface area contributed by atoms with Gasteiger partial charge in [-0.15, -0.1) is 0 Å². The number of anilines is 1. The quantitative estimate of drug-likeness (QED) is 0.205. The highest BCUT2D eigenvalue weighted by Gasteiger charge is 2.29. The number of esters is 1. The molecule has 0 saturated carbocycles. The van der Waals surface area contributed by atoms with E-state index in [-0.39, 0.29) is 39.8 Å². The minimum atomic E-state index is -0.919. The van der Waals surface area contributed by atoms with Crippen LogP contribution in [0.25, 0.3) is 17.2 Å². The van der Waals surface area contributed by atoms with Crippen LogP contribution < -0.4 is 14.4 Å². The van der Waals surface area contributed by atoms with E-state index in [2.05, 4.69) is 11.6 Å². The van der Waals surface area contributed by atoms with Crippen LogP contribution in [0.2, 0.25) is 5.02 Å². The molecule has 8 nitrogen and oxygen atoms in total. The van der Waals surface area contributed by atoms with Gasteiger partial charge in [-0.25, -0.2) is 14.2 Å². The lowest BCUT2D eigenvalue weighted by molar-refractivity contribution is -0.133. The van der Waals surface area contributed by atoms with Gasteiger partial charge in [-0.2, -0.15) is 0 Å². The van der Waals surface area contributed by atoms with Gasteiger partial charge in [0.15, 0.2) is 5.76 Å². The summed E-state index contributed by atoms with van der Waals surface area (Å²) in [6, 6.07) is 13.5. The molecule has 0 amide bonds. The van der Waals surface area contributed by atoms with E-state index in [0.717, 1.165) is 12.7 Å². The van der Waals surface area contributed by atoms with Crippen LogP contribution in [0.15, 0.2) is 61.3 Å². The number of aliphatic hydroxyl groups excluding tert-OH is 1. The van der Waals surface area contributed by atoms with Crippen molar-refractivity contribution in [3.05, 3.63) is 88.7 Å². The number of methoxy groups -OCH3 is 2. The zero-order valence-electron chi connectivity index (χ0n) is 21.6. The van der Waals surface area contributed by atoms with E-state index in [1.807, 2.05) is 17.0 Å². The minimum Gasteiger partial charge on any atom is -0.505 e. The average molecular weight is 555 g/mol. The van der Waals surface area contributed by atoms with E-state index in [4.69, 9.17) is 30.5 Å². The molecule has 0 unspecified atom stereocenters. The number of morpholine rings is 1. The lowest BCUT2D eigenvalue weighted by Gasteiger charge is -2.31. The van der Waals surface area contributed by atoms with Crippen molar-refractivity contribution in [2.45, 2.75) is 6.61 Å². The summed E-state index contributed by atoms with van der Waals surface area (Å²) < 4.78 is 36.6. The van der Waals surface area contributed by atoms with E-state index in [1.54, 1.807) is 37.4 Å². The van der Waals surface area contributed by atoms with Crippen molar-refractivity contribution < 1.29 is 33.2 Å². The van der Waals surface area contributed by atoms with Crippen molar-refractivity contribution in [2.24, 2.45) is 0 Å². The maximum atomic E-state index is 15.1. The van der Waals surface area contributed by atoms with Crippen LogP contribution in [0.1, 0.15) is 22.4 Å². The smallest absolute Gasteiger partial charge is 0.342 e. The van der Waals surface area contributed by atoms with E-state index in [9.17, 15) is 9.90 Å². The van der Waals surface area contributed by atoms with Crippen LogP contribution in [-0.2, 0) is 20.9 Å². The summed E-state index contributed by atoms with van der Waals surface area (Å²) in [4.78, 5) is 19.2. The first-order valence-electron chi connectivity index (χ1n) is 12.1. The summed E-state index contributed by atoms with van der Waals surface area (Å²) in [5.74, 6) is -1.40. The van der Waals surface area contributed by atoms with Crippen molar-refractivity contribution in [2.75, 3.05) is 45.4 Å². The van der Waals surface area contributed by atoms with Crippen LogP contribution in [0.4, 0.5) is 10.1 Å². The largest absolute Gasteiger partial charge is 0.505 e. The van der Waals surface area contributed by atoms with Crippen molar-refractivity contribution in [3.63, 3.8) is 0 Å². The number of aromatic nitrogens is 1. The zero-order valence-corrected chi connectivity index (χ0v) is 22.3. The second-order valence-corrected chi connectivity index (χ2v) is 8.99. The molecule has 0 atom stereocenters. The molecule has 1 aliphatic rings. The molecule has 204 valence electrons. The Hall–Kier alpha value is -4.08. The average Bonchev–Trinajstić information content (AvgIpc) is 2.96. The molecule has 2 aromatic carbocycles. The first-order chi connectivity index (χ1) is 18.8. The summed E-state index contributed by atoms with van der Waals surface area (Å²) in [5, 5.41) is 11.7. The molecular formula is C29H28ClFN2O6. The number of nitrogens with zero attached hydrogens (tertiary/aromatic N) is 2. The molecule has 39 heavy (non-hydrogen) atoms. The number of ether oxygens (including phenoxy) is 4. The highest BCUT2D eigenvalue weighted by molar-refractivity contribution is 6.32. The highest BCUT2D eigenvalue weighted by Crippen LogP contribution is 2.40. The van der Waals surface area contributed by atoms with Gasteiger partial charge in [0.05, 0.1) is 27.4 Å². The Kier molecular flexibility index (Phi) is 9.06. The van der Waals surface area contributed by atoms with Gasteiger partial charge in [0.2, 0.25) is 0 Å². The Bertz CT molecular complexity index is 1390. The lowest BCUT2D eigenvalue weighted by Crippen LogP contribution is -2.36. The van der Waals surface area contributed by atoms with Gasteiger partial charge in [0.25, 0.3) is 0 Å². The van der Waals surface area contributed by atoms with Crippen LogP contribution in [0.5, 0.6) is 11.5 Å². The Labute approximate surface area is 230 Å². The third kappa shape index (κ3) is 6.32. The predicted molar refractivity (Wildman–Crippen MR) is 148 cm³/mol. The number of pyridine rings is 1. The summed E-state index contributed by atoms with van der Waals surface area (Å²) in [6.45, 7) is 5.47. The molecule has 0 radical (unpaired) electrons. The molecule has 1 saturated heterocycles. The van der Waals surface area contributed by atoms with Crippen molar-refractivity contribution in [3.8, 4) is 11.5 Å². The van der Waals surface area contributed by atoms with Crippen LogP contribution in [0.3, 0.4) is 0 Å². The monoisotopic (exact) mass is 554 g/mol. The van der Waals surface area contributed by atoms with Gasteiger partial charge in [-0.05, 0) is 42.0 Å². The molecule has 10 heteroatoms. The fourth-order valence-electron chi connectivity index (χ4n) is 4.25. The number of halogens is 2. The number of rotatable bonds is 9. The summed E-state index contributed by atoms with van der Waals surface area (Å²) in [6.07, 6.45) is 1.44. The molecule has 1 aliphatic heterocycles. The molecule has 2 heterocycles. The standard InChI is InChI=1S/C29H28ClFN2O6/c1-18(31)25-22(15-20(30)16-23(25)33-11-13-38-14-12-33)26(29(35)37-3)28(34)27-24(5-4-10-32-27)39-17-19-6-8-21(36-2)9-7-19/h4-10,15-16,34H,1,11-14,17H2,2-3H3/b28-26+. The van der Waals surface area contributed by atoms with E-state index >= 15 is 4.39 Å². The molecule has 0 bridgehead atoms.